The summed E-state index contributed by atoms with van der Waals surface area (Å²) in [6.45, 7) is 5.06. The molecular formula is C15H20N2O2. The Hall–Kier alpha value is -1.81. The molecule has 4 nitrogen and oxygen atoms in total. The predicted molar refractivity (Wildman–Crippen MR) is 76.2 cm³/mol. The lowest BCUT2D eigenvalue weighted by atomic mass is 10.1. The Balaban J connectivity index is 2.30. The van der Waals surface area contributed by atoms with Gasteiger partial charge in [-0.15, -0.1) is 0 Å². The number of carboxylic acid groups (broad SMARTS) is 1. The second kappa shape index (κ2) is 5.89. The lowest BCUT2D eigenvalue weighted by Gasteiger charge is -2.10. The molecule has 0 aliphatic rings. The first kappa shape index (κ1) is 13.6. The summed E-state index contributed by atoms with van der Waals surface area (Å²) in [4.78, 5) is 10.9. The first-order chi connectivity index (χ1) is 9.11. The van der Waals surface area contributed by atoms with Crippen LogP contribution in [-0.2, 0) is 17.9 Å². The van der Waals surface area contributed by atoms with Gasteiger partial charge < -0.3 is 15.0 Å². The van der Waals surface area contributed by atoms with Crippen molar-refractivity contribution in [2.45, 2.75) is 39.4 Å². The lowest BCUT2D eigenvalue weighted by molar-refractivity contribution is -0.137. The average molecular weight is 260 g/mol. The van der Waals surface area contributed by atoms with Crippen LogP contribution in [0.4, 0.5) is 0 Å². The molecule has 1 unspecified atom stereocenters. The fourth-order valence-electron chi connectivity index (χ4n) is 2.17. The highest BCUT2D eigenvalue weighted by atomic mass is 16.4. The van der Waals surface area contributed by atoms with E-state index in [1.165, 1.54) is 0 Å². The summed E-state index contributed by atoms with van der Waals surface area (Å²) < 4.78 is 1.80. The van der Waals surface area contributed by atoms with Gasteiger partial charge in [-0.05, 0) is 25.0 Å². The first-order valence-corrected chi connectivity index (χ1v) is 6.63. The number of para-hydroxylation sites is 1. The van der Waals surface area contributed by atoms with Crippen molar-refractivity contribution >= 4 is 16.9 Å². The summed E-state index contributed by atoms with van der Waals surface area (Å²) in [5.41, 5.74) is 2.13. The van der Waals surface area contributed by atoms with Crippen LogP contribution in [0.5, 0.6) is 0 Å². The molecule has 1 aromatic carbocycles. The molecule has 0 fully saturated rings. The molecule has 1 heterocycles. The molecule has 1 aromatic heterocycles. The first-order valence-electron chi connectivity index (χ1n) is 6.63. The van der Waals surface area contributed by atoms with E-state index in [0.717, 1.165) is 29.4 Å². The lowest BCUT2D eigenvalue weighted by Crippen LogP contribution is -2.24. The monoisotopic (exact) mass is 260 g/mol. The van der Waals surface area contributed by atoms with Gasteiger partial charge in [-0.25, -0.2) is 0 Å². The standard InChI is InChI=1S/C15H20N2O2/c1-3-11(2)16-8-12-9-17(10-15(18)19)14-7-5-4-6-13(12)14/h4-7,9,11,16H,3,8,10H2,1-2H3,(H,18,19). The highest BCUT2D eigenvalue weighted by Gasteiger charge is 2.10. The molecular weight excluding hydrogens is 240 g/mol. The minimum Gasteiger partial charge on any atom is -0.480 e. The van der Waals surface area contributed by atoms with E-state index < -0.39 is 5.97 Å². The van der Waals surface area contributed by atoms with Crippen molar-refractivity contribution in [3.8, 4) is 0 Å². The maximum Gasteiger partial charge on any atom is 0.323 e. The minimum atomic E-state index is -0.817. The van der Waals surface area contributed by atoms with Gasteiger partial charge in [-0.2, -0.15) is 0 Å². The van der Waals surface area contributed by atoms with Gasteiger partial charge in [0.25, 0.3) is 0 Å². The third kappa shape index (κ3) is 3.15. The Morgan fingerprint density at radius 2 is 2.16 bits per heavy atom. The molecule has 1 atom stereocenters. The predicted octanol–water partition coefficient (Wildman–Crippen LogP) is 2.61. The third-order valence-corrected chi connectivity index (χ3v) is 3.43. The van der Waals surface area contributed by atoms with Gasteiger partial charge >= 0.3 is 5.97 Å². The molecule has 0 radical (unpaired) electrons. The van der Waals surface area contributed by atoms with Crippen LogP contribution in [0.3, 0.4) is 0 Å². The van der Waals surface area contributed by atoms with Crippen LogP contribution in [0.25, 0.3) is 10.9 Å². The minimum absolute atomic E-state index is 0.00381. The molecule has 2 rings (SSSR count). The van der Waals surface area contributed by atoms with E-state index in [-0.39, 0.29) is 6.54 Å². The summed E-state index contributed by atoms with van der Waals surface area (Å²) in [5, 5.41) is 13.5. The molecule has 2 aromatic rings. The molecule has 0 spiro atoms. The molecule has 0 saturated heterocycles. The van der Waals surface area contributed by atoms with Crippen LogP contribution in [0, 0.1) is 0 Å². The maximum absolute atomic E-state index is 10.9. The van der Waals surface area contributed by atoms with E-state index in [9.17, 15) is 4.79 Å². The van der Waals surface area contributed by atoms with Crippen molar-refractivity contribution < 1.29 is 9.90 Å². The normalized spacial score (nSPS) is 12.7. The Morgan fingerprint density at radius 3 is 2.84 bits per heavy atom. The summed E-state index contributed by atoms with van der Waals surface area (Å²) >= 11 is 0. The zero-order valence-electron chi connectivity index (χ0n) is 11.4. The van der Waals surface area contributed by atoms with E-state index in [1.807, 2.05) is 30.5 Å². The SMILES string of the molecule is CCC(C)NCc1cn(CC(=O)O)c2ccccc12. The zero-order valence-corrected chi connectivity index (χ0v) is 11.4. The van der Waals surface area contributed by atoms with Crippen molar-refractivity contribution in [3.05, 3.63) is 36.0 Å². The highest BCUT2D eigenvalue weighted by molar-refractivity contribution is 5.85. The van der Waals surface area contributed by atoms with Crippen LogP contribution in [-0.4, -0.2) is 21.7 Å². The van der Waals surface area contributed by atoms with Gasteiger partial charge in [0.1, 0.15) is 6.54 Å². The van der Waals surface area contributed by atoms with Gasteiger partial charge in [0.15, 0.2) is 0 Å². The average Bonchev–Trinajstić information content (AvgIpc) is 2.74. The molecule has 0 amide bonds. The van der Waals surface area contributed by atoms with Crippen LogP contribution >= 0.6 is 0 Å². The number of hydrogen-bond donors (Lipinski definition) is 2. The number of aromatic nitrogens is 1. The smallest absolute Gasteiger partial charge is 0.323 e. The van der Waals surface area contributed by atoms with Crippen LogP contribution in [0.15, 0.2) is 30.5 Å². The third-order valence-electron chi connectivity index (χ3n) is 3.43. The molecule has 0 saturated carbocycles. The molecule has 0 aliphatic heterocycles. The summed E-state index contributed by atoms with van der Waals surface area (Å²) in [7, 11) is 0. The Morgan fingerprint density at radius 1 is 1.42 bits per heavy atom. The summed E-state index contributed by atoms with van der Waals surface area (Å²) in [6.07, 6.45) is 3.02. The van der Waals surface area contributed by atoms with Gasteiger partial charge in [0.05, 0.1) is 0 Å². The van der Waals surface area contributed by atoms with E-state index in [1.54, 1.807) is 4.57 Å². The quantitative estimate of drug-likeness (QED) is 0.839. The Labute approximate surface area is 113 Å². The van der Waals surface area contributed by atoms with Crippen molar-refractivity contribution in [3.63, 3.8) is 0 Å². The Kier molecular flexibility index (Phi) is 4.22. The number of rotatable bonds is 6. The fourth-order valence-corrected chi connectivity index (χ4v) is 2.17. The number of carboxylic acids is 1. The fraction of sp³-hybridized carbons (Fsp3) is 0.400. The number of benzene rings is 1. The number of hydrogen-bond acceptors (Lipinski definition) is 2. The molecule has 4 heteroatoms. The highest BCUT2D eigenvalue weighted by Crippen LogP contribution is 2.21. The van der Waals surface area contributed by atoms with E-state index in [4.69, 9.17) is 5.11 Å². The van der Waals surface area contributed by atoms with Crippen molar-refractivity contribution in [2.24, 2.45) is 0 Å². The zero-order chi connectivity index (χ0) is 13.8. The van der Waals surface area contributed by atoms with Crippen molar-refractivity contribution in [1.82, 2.24) is 9.88 Å². The summed E-state index contributed by atoms with van der Waals surface area (Å²) in [5.74, 6) is -0.817. The molecule has 19 heavy (non-hydrogen) atoms. The number of carbonyl (C=O) groups is 1. The van der Waals surface area contributed by atoms with Gasteiger partial charge in [0.2, 0.25) is 0 Å². The van der Waals surface area contributed by atoms with Crippen molar-refractivity contribution in [1.29, 1.82) is 0 Å². The number of aliphatic carboxylic acids is 1. The van der Waals surface area contributed by atoms with Crippen LogP contribution < -0.4 is 5.32 Å². The molecule has 0 bridgehead atoms. The maximum atomic E-state index is 10.9. The van der Waals surface area contributed by atoms with Crippen LogP contribution in [0.2, 0.25) is 0 Å². The van der Waals surface area contributed by atoms with E-state index in [2.05, 4.69) is 19.2 Å². The molecule has 102 valence electrons. The second-order valence-electron chi connectivity index (χ2n) is 4.88. The van der Waals surface area contributed by atoms with Crippen LogP contribution in [0.1, 0.15) is 25.8 Å². The molecule has 0 aliphatic carbocycles. The van der Waals surface area contributed by atoms with E-state index in [0.29, 0.717) is 6.04 Å². The largest absolute Gasteiger partial charge is 0.480 e. The number of nitrogens with zero attached hydrogens (tertiary/aromatic N) is 1. The Bertz CT molecular complexity index is 575. The van der Waals surface area contributed by atoms with Gasteiger partial charge in [-0.3, -0.25) is 4.79 Å². The van der Waals surface area contributed by atoms with E-state index >= 15 is 0 Å². The van der Waals surface area contributed by atoms with Gasteiger partial charge in [0, 0.05) is 29.7 Å². The van der Waals surface area contributed by atoms with Crippen molar-refractivity contribution in [2.75, 3.05) is 0 Å². The number of nitrogens with one attached hydrogen (secondary N) is 1. The summed E-state index contributed by atoms with van der Waals surface area (Å²) in [6, 6.07) is 8.39. The van der Waals surface area contributed by atoms with Gasteiger partial charge in [-0.1, -0.05) is 25.1 Å². The molecule has 2 N–H and O–H groups in total. The number of fused-ring (bicyclic) bond motifs is 1. The second-order valence-corrected chi connectivity index (χ2v) is 4.88. The topological polar surface area (TPSA) is 54.3 Å².